The molecule has 1 heterocycles. The van der Waals surface area contributed by atoms with Crippen LogP contribution in [0, 0.1) is 20.8 Å². The minimum Gasteiger partial charge on any atom is -0.489 e. The predicted octanol–water partition coefficient (Wildman–Crippen LogP) is 4.06. The first-order valence-corrected chi connectivity index (χ1v) is 9.94. The molecule has 0 amide bonds. The number of hydrogen-bond acceptors (Lipinski definition) is 6. The van der Waals surface area contributed by atoms with Crippen molar-refractivity contribution in [3.63, 3.8) is 0 Å². The van der Waals surface area contributed by atoms with Gasteiger partial charge in [0.2, 0.25) is 0 Å². The van der Waals surface area contributed by atoms with Crippen LogP contribution in [0.3, 0.4) is 0 Å². The summed E-state index contributed by atoms with van der Waals surface area (Å²) in [5.41, 5.74) is 7.74. The zero-order valence-electron chi connectivity index (χ0n) is 18.2. The Bertz CT molecular complexity index is 1070. The van der Waals surface area contributed by atoms with E-state index in [4.69, 9.17) is 15.8 Å². The molecule has 3 aromatic rings. The van der Waals surface area contributed by atoms with E-state index in [-0.39, 0.29) is 0 Å². The number of hydrogen-bond donors (Lipinski definition) is 2. The average molecular weight is 408 g/mol. The average Bonchev–Trinajstić information content (AvgIpc) is 3.01. The number of aromatic nitrogens is 2. The summed E-state index contributed by atoms with van der Waals surface area (Å²) in [6, 6.07) is 12.1. The van der Waals surface area contributed by atoms with E-state index in [2.05, 4.69) is 23.2 Å². The molecular weight excluding hydrogens is 378 g/mol. The number of anilines is 1. The van der Waals surface area contributed by atoms with E-state index in [1.807, 2.05) is 62.8 Å². The molecule has 0 saturated carbocycles. The van der Waals surface area contributed by atoms with E-state index in [0.29, 0.717) is 6.61 Å². The Morgan fingerprint density at radius 3 is 2.63 bits per heavy atom. The van der Waals surface area contributed by atoms with Gasteiger partial charge < -0.3 is 15.0 Å². The van der Waals surface area contributed by atoms with Crippen LogP contribution in [-0.4, -0.2) is 28.3 Å². The molecule has 7 nitrogen and oxygen atoms in total. The summed E-state index contributed by atoms with van der Waals surface area (Å²) in [6.45, 7) is 8.43. The number of nitrogens with two attached hydrogens (primary N) is 1. The number of nitrogens with zero attached hydrogens (tertiary/aromatic N) is 4. The van der Waals surface area contributed by atoms with Crippen LogP contribution in [0.5, 0.6) is 5.75 Å². The van der Waals surface area contributed by atoms with Crippen molar-refractivity contribution >= 4 is 11.9 Å². The molecule has 7 heteroatoms. The first-order chi connectivity index (χ1) is 14.4. The zero-order chi connectivity index (χ0) is 21.8. The molecule has 0 aliphatic carbocycles. The summed E-state index contributed by atoms with van der Waals surface area (Å²) in [7, 11) is 1.84. The van der Waals surface area contributed by atoms with Crippen LogP contribution in [0.25, 0.3) is 5.69 Å². The van der Waals surface area contributed by atoms with E-state index in [1.54, 1.807) is 5.01 Å². The molecule has 2 aromatic carbocycles. The summed E-state index contributed by atoms with van der Waals surface area (Å²) in [5.74, 6) is 6.83. The minimum absolute atomic E-state index is 0.443. The lowest BCUT2D eigenvalue weighted by molar-refractivity contribution is 0.303. The van der Waals surface area contributed by atoms with Gasteiger partial charge in [-0.25, -0.2) is 10.5 Å². The van der Waals surface area contributed by atoms with Crippen LogP contribution in [0.1, 0.15) is 40.6 Å². The second-order valence-electron chi connectivity index (χ2n) is 7.36. The van der Waals surface area contributed by atoms with Crippen molar-refractivity contribution in [2.75, 3.05) is 12.1 Å². The molecular formula is C23H29N5O2. The monoisotopic (exact) mass is 407 g/mol. The predicted molar refractivity (Wildman–Crippen MR) is 120 cm³/mol. The van der Waals surface area contributed by atoms with Crippen molar-refractivity contribution in [2.24, 2.45) is 11.0 Å². The second-order valence-corrected chi connectivity index (χ2v) is 7.36. The SMILES string of the molecule is CCc1cccc(N(C)N)c1COc1ccc(-n2nc(C)c(/C=N/O)c2C)cc1C. The highest BCUT2D eigenvalue weighted by atomic mass is 16.5. The van der Waals surface area contributed by atoms with Crippen LogP contribution >= 0.6 is 0 Å². The molecule has 0 saturated heterocycles. The molecule has 158 valence electrons. The van der Waals surface area contributed by atoms with Crippen LogP contribution in [0.2, 0.25) is 0 Å². The molecule has 0 fully saturated rings. The number of ether oxygens (including phenoxy) is 1. The number of hydrazine groups is 1. The van der Waals surface area contributed by atoms with Crippen LogP contribution in [-0.2, 0) is 13.0 Å². The fraction of sp³-hybridized carbons (Fsp3) is 0.304. The second kappa shape index (κ2) is 9.00. The lowest BCUT2D eigenvalue weighted by Gasteiger charge is -2.20. The van der Waals surface area contributed by atoms with Crippen LogP contribution in [0.4, 0.5) is 5.69 Å². The molecule has 30 heavy (non-hydrogen) atoms. The fourth-order valence-electron chi connectivity index (χ4n) is 3.68. The Balaban J connectivity index is 1.87. The molecule has 0 aliphatic heterocycles. The quantitative estimate of drug-likeness (QED) is 0.267. The molecule has 0 spiro atoms. The summed E-state index contributed by atoms with van der Waals surface area (Å²) >= 11 is 0. The highest BCUT2D eigenvalue weighted by Gasteiger charge is 2.14. The maximum atomic E-state index is 8.88. The lowest BCUT2D eigenvalue weighted by atomic mass is 10.0. The molecule has 3 rings (SSSR count). The third-order valence-electron chi connectivity index (χ3n) is 5.32. The van der Waals surface area contributed by atoms with Crippen molar-refractivity contribution in [2.45, 2.75) is 40.7 Å². The molecule has 3 N–H and O–H groups in total. The first kappa shape index (κ1) is 21.4. The van der Waals surface area contributed by atoms with Gasteiger partial charge in [-0.15, -0.1) is 0 Å². The van der Waals surface area contributed by atoms with Gasteiger partial charge in [-0.3, -0.25) is 0 Å². The Hall–Kier alpha value is -3.32. The van der Waals surface area contributed by atoms with Gasteiger partial charge in [0.1, 0.15) is 12.4 Å². The number of benzene rings is 2. The Labute approximate surface area is 177 Å². The maximum Gasteiger partial charge on any atom is 0.122 e. The third kappa shape index (κ3) is 4.16. The van der Waals surface area contributed by atoms with Gasteiger partial charge in [-0.2, -0.15) is 5.10 Å². The lowest BCUT2D eigenvalue weighted by Crippen LogP contribution is -2.27. The largest absolute Gasteiger partial charge is 0.489 e. The van der Waals surface area contributed by atoms with Gasteiger partial charge in [-0.1, -0.05) is 24.2 Å². The Kier molecular flexibility index (Phi) is 6.42. The van der Waals surface area contributed by atoms with E-state index < -0.39 is 0 Å². The topological polar surface area (TPSA) is 88.9 Å². The van der Waals surface area contributed by atoms with Crippen LogP contribution < -0.4 is 15.6 Å². The van der Waals surface area contributed by atoms with Crippen molar-refractivity contribution in [3.05, 3.63) is 70.0 Å². The van der Waals surface area contributed by atoms with Crippen LogP contribution in [0.15, 0.2) is 41.6 Å². The minimum atomic E-state index is 0.443. The van der Waals surface area contributed by atoms with Gasteiger partial charge in [0.15, 0.2) is 0 Å². The Morgan fingerprint density at radius 2 is 2.00 bits per heavy atom. The first-order valence-electron chi connectivity index (χ1n) is 9.94. The van der Waals surface area contributed by atoms with E-state index >= 15 is 0 Å². The smallest absolute Gasteiger partial charge is 0.122 e. The van der Waals surface area contributed by atoms with E-state index in [0.717, 1.165) is 51.6 Å². The van der Waals surface area contributed by atoms with Gasteiger partial charge in [0.05, 0.1) is 29.0 Å². The molecule has 0 radical (unpaired) electrons. The summed E-state index contributed by atoms with van der Waals surface area (Å²) in [4.78, 5) is 0. The molecule has 0 bridgehead atoms. The van der Waals surface area contributed by atoms with Gasteiger partial charge in [0, 0.05) is 18.2 Å². The molecule has 0 atom stereocenters. The summed E-state index contributed by atoms with van der Waals surface area (Å²) < 4.78 is 8.02. The van der Waals surface area contributed by atoms with Gasteiger partial charge in [0.25, 0.3) is 0 Å². The third-order valence-corrected chi connectivity index (χ3v) is 5.32. The number of oxime groups is 1. The standard InChI is InChI=1S/C23H29N5O2/c1-6-18-8-7-9-22(27(5)24)21(18)14-30-23-11-10-19(12-15(23)2)28-17(4)20(13-25-29)16(3)26-28/h7-13,29H,6,14,24H2,1-5H3/b25-13+. The van der Waals surface area contributed by atoms with Crippen molar-refractivity contribution in [3.8, 4) is 11.4 Å². The van der Waals surface area contributed by atoms with Gasteiger partial charge >= 0.3 is 0 Å². The number of aryl methyl sites for hydroxylation is 3. The molecule has 1 aromatic heterocycles. The van der Waals surface area contributed by atoms with Gasteiger partial charge in [-0.05, 0) is 62.6 Å². The van der Waals surface area contributed by atoms with Crippen molar-refractivity contribution in [1.82, 2.24) is 9.78 Å². The normalized spacial score (nSPS) is 11.3. The molecule has 0 aliphatic rings. The highest BCUT2D eigenvalue weighted by Crippen LogP contribution is 2.27. The van der Waals surface area contributed by atoms with E-state index in [9.17, 15) is 0 Å². The maximum absolute atomic E-state index is 8.88. The fourth-order valence-corrected chi connectivity index (χ4v) is 3.68. The summed E-state index contributed by atoms with van der Waals surface area (Å²) in [5, 5.41) is 18.2. The highest BCUT2D eigenvalue weighted by molar-refractivity contribution is 5.82. The van der Waals surface area contributed by atoms with Crippen molar-refractivity contribution < 1.29 is 9.94 Å². The molecule has 0 unspecified atom stereocenters. The van der Waals surface area contributed by atoms with Crippen molar-refractivity contribution in [1.29, 1.82) is 0 Å². The zero-order valence-corrected chi connectivity index (χ0v) is 18.2. The summed E-state index contributed by atoms with van der Waals surface area (Å²) in [6.07, 6.45) is 2.32. The Morgan fingerprint density at radius 1 is 1.23 bits per heavy atom. The van der Waals surface area contributed by atoms with E-state index in [1.165, 1.54) is 11.8 Å². The number of rotatable bonds is 7.